The molecule has 23 heavy (non-hydrogen) atoms. The summed E-state index contributed by atoms with van der Waals surface area (Å²) in [5.41, 5.74) is 1.64. The number of aromatic nitrogens is 2. The summed E-state index contributed by atoms with van der Waals surface area (Å²) in [4.78, 5) is 24.0. The van der Waals surface area contributed by atoms with Crippen LogP contribution in [0.4, 0.5) is 5.69 Å². The van der Waals surface area contributed by atoms with E-state index in [-0.39, 0.29) is 18.1 Å². The Morgan fingerprint density at radius 3 is 2.61 bits per heavy atom. The molecule has 7 heteroatoms. The molecular formula is C16H13ClN4O2. The van der Waals surface area contributed by atoms with Gasteiger partial charge in [0.05, 0.1) is 12.1 Å². The second-order valence-electron chi connectivity index (χ2n) is 4.86. The maximum atomic E-state index is 12.1. The molecule has 0 saturated carbocycles. The van der Waals surface area contributed by atoms with Gasteiger partial charge in [-0.15, -0.1) is 0 Å². The lowest BCUT2D eigenvalue weighted by Crippen LogP contribution is -2.33. The zero-order valence-electron chi connectivity index (χ0n) is 12.0. The van der Waals surface area contributed by atoms with Crippen molar-refractivity contribution in [2.75, 3.05) is 11.9 Å². The highest BCUT2D eigenvalue weighted by Gasteiger charge is 2.14. The maximum Gasteiger partial charge on any atom is 0.272 e. The lowest BCUT2D eigenvalue weighted by Gasteiger charge is -2.06. The van der Waals surface area contributed by atoms with Crippen LogP contribution in [0, 0.1) is 0 Å². The van der Waals surface area contributed by atoms with Gasteiger partial charge in [0.1, 0.15) is 0 Å². The van der Waals surface area contributed by atoms with Gasteiger partial charge < -0.3 is 10.6 Å². The SMILES string of the molecule is O=C(CNC(=O)c1n[nH]c2ccccc12)Nc1ccc(Cl)cc1. The number of rotatable bonds is 4. The minimum absolute atomic E-state index is 0.150. The van der Waals surface area contributed by atoms with Crippen LogP contribution < -0.4 is 10.6 Å². The van der Waals surface area contributed by atoms with E-state index >= 15 is 0 Å². The van der Waals surface area contributed by atoms with Crippen LogP contribution in [0.15, 0.2) is 48.5 Å². The smallest absolute Gasteiger partial charge is 0.272 e. The number of aromatic amines is 1. The summed E-state index contributed by atoms with van der Waals surface area (Å²) >= 11 is 5.78. The summed E-state index contributed by atoms with van der Waals surface area (Å²) in [6.07, 6.45) is 0. The van der Waals surface area contributed by atoms with Crippen molar-refractivity contribution in [3.8, 4) is 0 Å². The molecule has 0 aliphatic carbocycles. The van der Waals surface area contributed by atoms with Crippen LogP contribution in [0.25, 0.3) is 10.9 Å². The average molecular weight is 329 g/mol. The van der Waals surface area contributed by atoms with Gasteiger partial charge in [-0.3, -0.25) is 14.7 Å². The highest BCUT2D eigenvalue weighted by Crippen LogP contribution is 2.15. The number of halogens is 1. The fourth-order valence-corrected chi connectivity index (χ4v) is 2.25. The molecular weight excluding hydrogens is 316 g/mol. The zero-order chi connectivity index (χ0) is 16.2. The van der Waals surface area contributed by atoms with Gasteiger partial charge in [-0.05, 0) is 30.3 Å². The molecule has 0 spiro atoms. The van der Waals surface area contributed by atoms with Gasteiger partial charge in [0, 0.05) is 16.1 Å². The minimum atomic E-state index is -0.409. The molecule has 0 aliphatic heterocycles. The lowest BCUT2D eigenvalue weighted by atomic mass is 10.2. The Morgan fingerprint density at radius 1 is 1.09 bits per heavy atom. The van der Waals surface area contributed by atoms with Gasteiger partial charge in [0.2, 0.25) is 5.91 Å². The third-order valence-corrected chi connectivity index (χ3v) is 3.47. The normalized spacial score (nSPS) is 10.5. The number of benzene rings is 2. The highest BCUT2D eigenvalue weighted by molar-refractivity contribution is 6.30. The van der Waals surface area contributed by atoms with E-state index in [4.69, 9.17) is 11.6 Å². The van der Waals surface area contributed by atoms with Crippen molar-refractivity contribution in [1.82, 2.24) is 15.5 Å². The Kier molecular flexibility index (Phi) is 4.25. The first-order valence-electron chi connectivity index (χ1n) is 6.90. The summed E-state index contributed by atoms with van der Waals surface area (Å²) in [5.74, 6) is -0.741. The third kappa shape index (κ3) is 3.49. The Balaban J connectivity index is 1.60. The first-order valence-corrected chi connectivity index (χ1v) is 7.28. The molecule has 0 radical (unpaired) electrons. The Hall–Kier alpha value is -2.86. The Bertz CT molecular complexity index is 858. The number of para-hydroxylation sites is 1. The number of amides is 2. The molecule has 3 N–H and O–H groups in total. The van der Waals surface area contributed by atoms with Crippen LogP contribution in [-0.2, 0) is 4.79 Å². The summed E-state index contributed by atoms with van der Waals surface area (Å²) in [6.45, 7) is -0.150. The number of carbonyl (C=O) groups is 2. The topological polar surface area (TPSA) is 86.9 Å². The predicted octanol–water partition coefficient (Wildman–Crippen LogP) is 2.58. The predicted molar refractivity (Wildman–Crippen MR) is 88.5 cm³/mol. The number of hydrogen-bond donors (Lipinski definition) is 3. The van der Waals surface area contributed by atoms with Gasteiger partial charge in [0.25, 0.3) is 5.91 Å². The van der Waals surface area contributed by atoms with Crippen LogP contribution in [0.2, 0.25) is 5.02 Å². The van der Waals surface area contributed by atoms with Crippen molar-refractivity contribution in [3.63, 3.8) is 0 Å². The number of hydrogen-bond acceptors (Lipinski definition) is 3. The van der Waals surface area contributed by atoms with E-state index in [0.29, 0.717) is 16.1 Å². The van der Waals surface area contributed by atoms with Gasteiger partial charge in [-0.2, -0.15) is 5.10 Å². The number of anilines is 1. The molecule has 3 rings (SSSR count). The molecule has 116 valence electrons. The standard InChI is InChI=1S/C16H13ClN4O2/c17-10-5-7-11(8-6-10)19-14(22)9-18-16(23)15-12-3-1-2-4-13(12)20-21-15/h1-8H,9H2,(H,18,23)(H,19,22)(H,20,21). The van der Waals surface area contributed by atoms with E-state index in [1.807, 2.05) is 18.2 Å². The highest BCUT2D eigenvalue weighted by atomic mass is 35.5. The number of nitrogens with zero attached hydrogens (tertiary/aromatic N) is 1. The van der Waals surface area contributed by atoms with Crippen molar-refractivity contribution < 1.29 is 9.59 Å². The van der Waals surface area contributed by atoms with Crippen LogP contribution in [0.3, 0.4) is 0 Å². The molecule has 1 aromatic heterocycles. The fraction of sp³-hybridized carbons (Fsp3) is 0.0625. The first kappa shape index (κ1) is 15.1. The van der Waals surface area contributed by atoms with Crippen LogP contribution in [0.1, 0.15) is 10.5 Å². The van der Waals surface area contributed by atoms with E-state index in [9.17, 15) is 9.59 Å². The maximum absolute atomic E-state index is 12.1. The molecule has 2 amide bonds. The second-order valence-corrected chi connectivity index (χ2v) is 5.29. The lowest BCUT2D eigenvalue weighted by molar-refractivity contribution is -0.115. The van der Waals surface area contributed by atoms with E-state index in [0.717, 1.165) is 5.52 Å². The van der Waals surface area contributed by atoms with Crippen molar-refractivity contribution >= 4 is 40.0 Å². The molecule has 0 unspecified atom stereocenters. The molecule has 2 aromatic carbocycles. The quantitative estimate of drug-likeness (QED) is 0.688. The summed E-state index contributed by atoms with van der Waals surface area (Å²) in [7, 11) is 0. The van der Waals surface area contributed by atoms with Gasteiger partial charge in [-0.25, -0.2) is 0 Å². The zero-order valence-corrected chi connectivity index (χ0v) is 12.7. The number of carbonyl (C=O) groups excluding carboxylic acids is 2. The second kappa shape index (κ2) is 6.50. The van der Waals surface area contributed by atoms with Crippen molar-refractivity contribution in [1.29, 1.82) is 0 Å². The Labute approximate surface area is 136 Å². The van der Waals surface area contributed by atoms with E-state index in [1.54, 1.807) is 30.3 Å². The van der Waals surface area contributed by atoms with E-state index < -0.39 is 5.91 Å². The summed E-state index contributed by atoms with van der Waals surface area (Å²) < 4.78 is 0. The number of H-pyrrole nitrogens is 1. The molecule has 0 aliphatic rings. The molecule has 0 fully saturated rings. The van der Waals surface area contributed by atoms with E-state index in [1.165, 1.54) is 0 Å². The van der Waals surface area contributed by atoms with Crippen molar-refractivity contribution in [3.05, 3.63) is 59.2 Å². The monoisotopic (exact) mass is 328 g/mol. The van der Waals surface area contributed by atoms with Crippen molar-refractivity contribution in [2.24, 2.45) is 0 Å². The number of nitrogens with one attached hydrogen (secondary N) is 3. The Morgan fingerprint density at radius 2 is 1.83 bits per heavy atom. The molecule has 0 saturated heterocycles. The van der Waals surface area contributed by atoms with Crippen LogP contribution in [-0.4, -0.2) is 28.6 Å². The fourth-order valence-electron chi connectivity index (χ4n) is 2.12. The first-order chi connectivity index (χ1) is 11.1. The molecule has 0 bridgehead atoms. The van der Waals surface area contributed by atoms with Crippen LogP contribution >= 0.6 is 11.6 Å². The van der Waals surface area contributed by atoms with Gasteiger partial charge in [0.15, 0.2) is 5.69 Å². The summed E-state index contributed by atoms with van der Waals surface area (Å²) in [5, 5.41) is 13.3. The molecule has 0 atom stereocenters. The third-order valence-electron chi connectivity index (χ3n) is 3.22. The van der Waals surface area contributed by atoms with Crippen molar-refractivity contribution in [2.45, 2.75) is 0 Å². The van der Waals surface area contributed by atoms with Crippen LogP contribution in [0.5, 0.6) is 0 Å². The average Bonchev–Trinajstić information content (AvgIpc) is 2.99. The minimum Gasteiger partial charge on any atom is -0.342 e. The molecule has 6 nitrogen and oxygen atoms in total. The van der Waals surface area contributed by atoms with Gasteiger partial charge >= 0.3 is 0 Å². The molecule has 1 heterocycles. The van der Waals surface area contributed by atoms with E-state index in [2.05, 4.69) is 20.8 Å². The van der Waals surface area contributed by atoms with Gasteiger partial charge in [-0.1, -0.05) is 29.8 Å². The largest absolute Gasteiger partial charge is 0.342 e. The molecule has 3 aromatic rings. The number of fused-ring (bicyclic) bond motifs is 1. The summed E-state index contributed by atoms with van der Waals surface area (Å²) in [6, 6.07) is 14.0.